The summed E-state index contributed by atoms with van der Waals surface area (Å²) in [6, 6.07) is 22.3. The Morgan fingerprint density at radius 1 is 0.906 bits per heavy atom. The highest BCUT2D eigenvalue weighted by atomic mass is 35.5. The highest BCUT2D eigenvalue weighted by molar-refractivity contribution is 6.30. The lowest BCUT2D eigenvalue weighted by atomic mass is 10.00. The van der Waals surface area contributed by atoms with Gasteiger partial charge in [0.15, 0.2) is 12.7 Å². The van der Waals surface area contributed by atoms with Crippen LogP contribution in [-0.2, 0) is 14.3 Å². The second kappa shape index (κ2) is 11.1. The van der Waals surface area contributed by atoms with E-state index in [9.17, 15) is 14.4 Å². The molecule has 1 N–H and O–H groups in total. The van der Waals surface area contributed by atoms with E-state index in [0.29, 0.717) is 21.9 Å². The van der Waals surface area contributed by atoms with Gasteiger partial charge in [-0.25, -0.2) is 0 Å². The Balaban J connectivity index is 1.61. The molecule has 0 aromatic heterocycles. The molecule has 0 aliphatic carbocycles. The van der Waals surface area contributed by atoms with E-state index >= 15 is 0 Å². The smallest absolute Gasteiger partial charge is 0.326 e. The molecule has 1 amide bonds. The zero-order chi connectivity index (χ0) is 22.9. The lowest BCUT2D eigenvalue weighted by molar-refractivity contribution is -0.147. The maximum Gasteiger partial charge on any atom is 0.326 e. The first-order valence-corrected chi connectivity index (χ1v) is 10.3. The Hall–Kier alpha value is -3.64. The van der Waals surface area contributed by atoms with E-state index in [1.807, 2.05) is 19.1 Å². The van der Waals surface area contributed by atoms with Crippen LogP contribution in [0.15, 0.2) is 78.9 Å². The average molecular weight is 452 g/mol. The maximum absolute atomic E-state index is 13.0. The molecule has 0 radical (unpaired) electrons. The lowest BCUT2D eigenvalue weighted by Crippen LogP contribution is -2.35. The number of halogens is 1. The van der Waals surface area contributed by atoms with E-state index in [1.165, 1.54) is 0 Å². The summed E-state index contributed by atoms with van der Waals surface area (Å²) in [5, 5.41) is 2.94. The van der Waals surface area contributed by atoms with Crippen molar-refractivity contribution in [2.24, 2.45) is 0 Å². The average Bonchev–Trinajstić information content (AvgIpc) is 2.81. The number of benzene rings is 3. The fourth-order valence-corrected chi connectivity index (χ4v) is 3.05. The molecule has 3 aromatic rings. The molecule has 0 fully saturated rings. The number of esters is 1. The molecule has 1 atom stereocenters. The number of ether oxygens (including phenoxy) is 2. The molecule has 0 saturated heterocycles. The summed E-state index contributed by atoms with van der Waals surface area (Å²) in [6.07, 6.45) is -1.16. The first kappa shape index (κ1) is 23.0. The number of carbonyl (C=O) groups is 3. The van der Waals surface area contributed by atoms with E-state index < -0.39 is 24.5 Å². The summed E-state index contributed by atoms with van der Waals surface area (Å²) in [5.74, 6) is -1.03. The summed E-state index contributed by atoms with van der Waals surface area (Å²) in [6.45, 7) is 1.22. The third-order valence-corrected chi connectivity index (χ3v) is 4.85. The molecule has 0 aliphatic rings. The van der Waals surface area contributed by atoms with Crippen molar-refractivity contribution in [1.82, 2.24) is 5.32 Å². The van der Waals surface area contributed by atoms with Crippen LogP contribution < -0.4 is 10.1 Å². The van der Waals surface area contributed by atoms with Gasteiger partial charge in [-0.05, 0) is 30.7 Å². The van der Waals surface area contributed by atoms with Crippen LogP contribution in [0, 0.1) is 6.92 Å². The van der Waals surface area contributed by atoms with Crippen molar-refractivity contribution in [3.63, 3.8) is 0 Å². The number of Topliss-reactive ketones (excluding diaryl/α,β-unsaturated/α-hetero) is 1. The first-order chi connectivity index (χ1) is 15.4. The predicted molar refractivity (Wildman–Crippen MR) is 121 cm³/mol. The molecule has 7 heteroatoms. The topological polar surface area (TPSA) is 81.7 Å². The first-order valence-electron chi connectivity index (χ1n) is 9.93. The van der Waals surface area contributed by atoms with Crippen molar-refractivity contribution in [3.05, 3.63) is 101 Å². The van der Waals surface area contributed by atoms with Gasteiger partial charge in [0.25, 0.3) is 5.91 Å². The van der Waals surface area contributed by atoms with Gasteiger partial charge in [-0.2, -0.15) is 0 Å². The van der Waals surface area contributed by atoms with Crippen molar-refractivity contribution in [1.29, 1.82) is 0 Å². The van der Waals surface area contributed by atoms with E-state index in [1.54, 1.807) is 66.7 Å². The molecule has 164 valence electrons. The number of hydrogen-bond donors (Lipinski definition) is 1. The highest BCUT2D eigenvalue weighted by Crippen LogP contribution is 2.24. The number of aryl methyl sites for hydroxylation is 1. The minimum Gasteiger partial charge on any atom is -0.484 e. The molecule has 0 bridgehead atoms. The van der Waals surface area contributed by atoms with Gasteiger partial charge in [-0.15, -0.1) is 0 Å². The van der Waals surface area contributed by atoms with Gasteiger partial charge in [0, 0.05) is 16.1 Å². The van der Waals surface area contributed by atoms with Crippen LogP contribution in [0.2, 0.25) is 5.02 Å². The second-order valence-electron chi connectivity index (χ2n) is 6.98. The van der Waals surface area contributed by atoms with Gasteiger partial charge < -0.3 is 14.8 Å². The Labute approximate surface area is 191 Å². The summed E-state index contributed by atoms with van der Waals surface area (Å²) in [7, 11) is 0. The predicted octanol–water partition coefficient (Wildman–Crippen LogP) is 4.31. The second-order valence-corrected chi connectivity index (χ2v) is 7.42. The van der Waals surface area contributed by atoms with Crippen molar-refractivity contribution < 1.29 is 23.9 Å². The molecule has 0 saturated carbocycles. The molecule has 0 heterocycles. The molecular weight excluding hydrogens is 430 g/mol. The van der Waals surface area contributed by atoms with Gasteiger partial charge in [-0.1, -0.05) is 72.3 Å². The largest absolute Gasteiger partial charge is 0.484 e. The van der Waals surface area contributed by atoms with Gasteiger partial charge in [0.2, 0.25) is 5.78 Å². The third kappa shape index (κ3) is 6.43. The van der Waals surface area contributed by atoms with Crippen LogP contribution in [0.25, 0.3) is 0 Å². The van der Waals surface area contributed by atoms with Crippen molar-refractivity contribution in [3.8, 4) is 5.75 Å². The normalized spacial score (nSPS) is 11.3. The molecule has 0 unspecified atom stereocenters. The number of hydrogen-bond acceptors (Lipinski definition) is 5. The van der Waals surface area contributed by atoms with Crippen LogP contribution in [-0.4, -0.2) is 30.8 Å². The Morgan fingerprint density at radius 3 is 2.25 bits per heavy atom. The van der Waals surface area contributed by atoms with E-state index in [4.69, 9.17) is 21.1 Å². The molecule has 0 spiro atoms. The van der Waals surface area contributed by atoms with Crippen LogP contribution in [0.4, 0.5) is 0 Å². The zero-order valence-corrected chi connectivity index (χ0v) is 18.2. The minimum atomic E-state index is -1.16. The maximum atomic E-state index is 13.0. The Morgan fingerprint density at radius 2 is 1.56 bits per heavy atom. The summed E-state index contributed by atoms with van der Waals surface area (Å²) in [5.41, 5.74) is 1.77. The standard InChI is InChI=1S/C25H22ClNO5/c1-17-7-5-6-10-21(17)31-16-22(28)27-15-23(29)32-25(19-11-13-20(26)14-12-19)24(30)18-8-3-2-4-9-18/h2-14,25H,15-16H2,1H3,(H,27,28)/t25-/m1/s1. The molecule has 0 aliphatic heterocycles. The number of ketones is 1. The van der Waals surface area contributed by atoms with Crippen LogP contribution in [0.3, 0.4) is 0 Å². The molecule has 32 heavy (non-hydrogen) atoms. The van der Waals surface area contributed by atoms with E-state index in [-0.39, 0.29) is 12.4 Å². The molecular formula is C25H22ClNO5. The molecule has 3 aromatic carbocycles. The third-order valence-electron chi connectivity index (χ3n) is 4.60. The zero-order valence-electron chi connectivity index (χ0n) is 17.4. The number of rotatable bonds is 9. The number of carbonyl (C=O) groups excluding carboxylic acids is 3. The summed E-state index contributed by atoms with van der Waals surface area (Å²) >= 11 is 5.93. The number of para-hydroxylation sites is 1. The van der Waals surface area contributed by atoms with Crippen LogP contribution in [0.1, 0.15) is 27.6 Å². The number of amides is 1. The van der Waals surface area contributed by atoms with Gasteiger partial charge >= 0.3 is 5.97 Å². The van der Waals surface area contributed by atoms with Crippen molar-refractivity contribution in [2.45, 2.75) is 13.0 Å². The lowest BCUT2D eigenvalue weighted by Gasteiger charge is -2.18. The van der Waals surface area contributed by atoms with Crippen LogP contribution in [0.5, 0.6) is 5.75 Å². The fourth-order valence-electron chi connectivity index (χ4n) is 2.92. The SMILES string of the molecule is Cc1ccccc1OCC(=O)NCC(=O)O[C@@H](C(=O)c1ccccc1)c1ccc(Cl)cc1. The van der Waals surface area contributed by atoms with Gasteiger partial charge in [0.1, 0.15) is 12.3 Å². The molecule has 6 nitrogen and oxygen atoms in total. The van der Waals surface area contributed by atoms with Crippen molar-refractivity contribution in [2.75, 3.05) is 13.2 Å². The highest BCUT2D eigenvalue weighted by Gasteiger charge is 2.26. The van der Waals surface area contributed by atoms with E-state index in [2.05, 4.69) is 5.32 Å². The van der Waals surface area contributed by atoms with E-state index in [0.717, 1.165) is 5.56 Å². The van der Waals surface area contributed by atoms with Crippen LogP contribution >= 0.6 is 11.6 Å². The van der Waals surface area contributed by atoms with Gasteiger partial charge in [0.05, 0.1) is 0 Å². The quantitative estimate of drug-likeness (QED) is 0.387. The molecule has 3 rings (SSSR count). The summed E-state index contributed by atoms with van der Waals surface area (Å²) in [4.78, 5) is 37.4. The Kier molecular flexibility index (Phi) is 8.00. The Bertz CT molecular complexity index is 1080. The van der Waals surface area contributed by atoms with Crippen molar-refractivity contribution >= 4 is 29.3 Å². The fraction of sp³-hybridized carbons (Fsp3) is 0.160. The van der Waals surface area contributed by atoms with Gasteiger partial charge in [-0.3, -0.25) is 14.4 Å². The summed E-state index contributed by atoms with van der Waals surface area (Å²) < 4.78 is 10.9. The minimum absolute atomic E-state index is 0.248. The number of nitrogens with one attached hydrogen (secondary N) is 1. The monoisotopic (exact) mass is 451 g/mol.